The first-order chi connectivity index (χ1) is 17.8. The number of aromatic nitrogens is 3. The van der Waals surface area contributed by atoms with Crippen molar-refractivity contribution >= 4 is 11.6 Å². The van der Waals surface area contributed by atoms with Gasteiger partial charge in [-0.3, -0.25) is 9.78 Å². The molecule has 10 heteroatoms. The molecule has 0 aliphatic heterocycles. The van der Waals surface area contributed by atoms with E-state index in [-0.39, 0.29) is 12.2 Å². The molecule has 0 atom stereocenters. The lowest BCUT2D eigenvalue weighted by Gasteiger charge is -2.12. The summed E-state index contributed by atoms with van der Waals surface area (Å²) in [5.41, 5.74) is 2.50. The van der Waals surface area contributed by atoms with E-state index in [1.807, 2.05) is 6.92 Å². The van der Waals surface area contributed by atoms with Gasteiger partial charge in [-0.15, -0.1) is 0 Å². The summed E-state index contributed by atoms with van der Waals surface area (Å²) in [6, 6.07) is 11.2. The zero-order chi connectivity index (χ0) is 26.4. The molecule has 0 aliphatic carbocycles. The van der Waals surface area contributed by atoms with Gasteiger partial charge in [-0.25, -0.2) is 4.68 Å². The number of pyridine rings is 1. The quantitative estimate of drug-likeness (QED) is 0.284. The number of amides is 1. The van der Waals surface area contributed by atoms with Gasteiger partial charge in [0.05, 0.1) is 24.1 Å². The van der Waals surface area contributed by atoms with Crippen molar-refractivity contribution in [2.24, 2.45) is 0 Å². The Morgan fingerprint density at radius 1 is 1.11 bits per heavy atom. The molecule has 0 spiro atoms. The molecule has 0 fully saturated rings. The number of carbonyl (C=O) groups is 1. The number of anilines is 1. The van der Waals surface area contributed by atoms with Crippen LogP contribution in [-0.4, -0.2) is 39.0 Å². The number of benzene rings is 2. The number of rotatable bonds is 9. The Labute approximate surface area is 211 Å². The van der Waals surface area contributed by atoms with E-state index in [9.17, 15) is 18.0 Å². The minimum atomic E-state index is -4.54. The highest BCUT2D eigenvalue weighted by Gasteiger charge is 2.30. The second-order valence-electron chi connectivity index (χ2n) is 8.36. The number of nitrogens with one attached hydrogen (secondary N) is 1. The normalized spacial score (nSPS) is 11.4. The molecule has 0 radical (unpaired) electrons. The van der Waals surface area contributed by atoms with Crippen LogP contribution in [0.1, 0.15) is 34.3 Å². The fraction of sp³-hybridized carbons (Fsp3) is 0.222. The SMILES string of the molecule is Cc1ccc(NC(=O)c2cccc(C(F)(F)F)c2)cc1-n1cc(-c2cnccc2OCCCCO)cn1. The molecule has 2 N–H and O–H groups in total. The minimum Gasteiger partial charge on any atom is -0.493 e. The lowest BCUT2D eigenvalue weighted by atomic mass is 10.1. The van der Waals surface area contributed by atoms with Crippen LogP contribution in [0.5, 0.6) is 5.75 Å². The Balaban J connectivity index is 1.55. The third kappa shape index (κ3) is 6.34. The molecule has 37 heavy (non-hydrogen) atoms. The molecule has 192 valence electrons. The van der Waals surface area contributed by atoms with Gasteiger partial charge >= 0.3 is 6.18 Å². The zero-order valence-corrected chi connectivity index (χ0v) is 20.0. The van der Waals surface area contributed by atoms with Gasteiger partial charge in [0.25, 0.3) is 5.91 Å². The lowest BCUT2D eigenvalue weighted by Crippen LogP contribution is -2.14. The average Bonchev–Trinajstić information content (AvgIpc) is 3.37. The van der Waals surface area contributed by atoms with E-state index < -0.39 is 17.6 Å². The van der Waals surface area contributed by atoms with Gasteiger partial charge in [-0.1, -0.05) is 12.1 Å². The molecular weight excluding hydrogens is 485 g/mol. The number of hydrogen-bond donors (Lipinski definition) is 2. The summed E-state index contributed by atoms with van der Waals surface area (Å²) in [4.78, 5) is 16.8. The second kappa shape index (κ2) is 11.3. The molecule has 0 saturated heterocycles. The largest absolute Gasteiger partial charge is 0.493 e. The van der Waals surface area contributed by atoms with E-state index in [4.69, 9.17) is 9.84 Å². The maximum absolute atomic E-state index is 13.0. The minimum absolute atomic E-state index is 0.0959. The highest BCUT2D eigenvalue weighted by molar-refractivity contribution is 6.04. The van der Waals surface area contributed by atoms with Crippen LogP contribution in [-0.2, 0) is 6.18 Å². The van der Waals surface area contributed by atoms with E-state index in [0.717, 1.165) is 35.2 Å². The van der Waals surface area contributed by atoms with Gasteiger partial charge in [0.1, 0.15) is 5.75 Å². The number of unbranched alkanes of at least 4 members (excludes halogenated alkanes) is 1. The molecule has 0 saturated carbocycles. The fourth-order valence-electron chi connectivity index (χ4n) is 3.69. The second-order valence-corrected chi connectivity index (χ2v) is 8.36. The van der Waals surface area contributed by atoms with Crippen molar-refractivity contribution in [2.45, 2.75) is 25.9 Å². The molecule has 7 nitrogen and oxygen atoms in total. The number of halogens is 3. The van der Waals surface area contributed by atoms with Crippen LogP contribution < -0.4 is 10.1 Å². The van der Waals surface area contributed by atoms with Gasteiger partial charge in [0.2, 0.25) is 0 Å². The Morgan fingerprint density at radius 3 is 2.73 bits per heavy atom. The Hall–Kier alpha value is -4.18. The third-order valence-corrected chi connectivity index (χ3v) is 5.65. The Kier molecular flexibility index (Phi) is 7.88. The fourth-order valence-corrected chi connectivity index (χ4v) is 3.69. The van der Waals surface area contributed by atoms with Crippen LogP contribution >= 0.6 is 0 Å². The van der Waals surface area contributed by atoms with Gasteiger partial charge in [-0.2, -0.15) is 18.3 Å². The lowest BCUT2D eigenvalue weighted by molar-refractivity contribution is -0.137. The number of carbonyl (C=O) groups excluding carboxylic acids is 1. The van der Waals surface area contributed by atoms with Crippen LogP contribution in [0.15, 0.2) is 73.3 Å². The van der Waals surface area contributed by atoms with Crippen molar-refractivity contribution < 1.29 is 27.8 Å². The van der Waals surface area contributed by atoms with Crippen LogP contribution in [0.4, 0.5) is 18.9 Å². The van der Waals surface area contributed by atoms with Gasteiger partial charge in [-0.05, 0) is 61.7 Å². The molecule has 2 aromatic carbocycles. The number of aliphatic hydroxyl groups is 1. The molecule has 1 amide bonds. The van der Waals surface area contributed by atoms with Crippen molar-refractivity contribution in [3.05, 3.63) is 90.0 Å². The number of nitrogens with zero attached hydrogens (tertiary/aromatic N) is 3. The summed E-state index contributed by atoms with van der Waals surface area (Å²) in [5.74, 6) is -0.00767. The maximum Gasteiger partial charge on any atom is 0.416 e. The molecular formula is C27H25F3N4O3. The molecule has 4 aromatic rings. The number of alkyl halides is 3. The summed E-state index contributed by atoms with van der Waals surface area (Å²) >= 11 is 0. The average molecular weight is 511 g/mol. The van der Waals surface area contributed by atoms with E-state index in [1.165, 1.54) is 12.1 Å². The number of aliphatic hydroxyl groups excluding tert-OH is 1. The number of hydrogen-bond acceptors (Lipinski definition) is 5. The first-order valence-corrected chi connectivity index (χ1v) is 11.6. The third-order valence-electron chi connectivity index (χ3n) is 5.65. The first-order valence-electron chi connectivity index (χ1n) is 11.6. The van der Waals surface area contributed by atoms with Crippen LogP contribution in [0, 0.1) is 6.92 Å². The van der Waals surface area contributed by atoms with Crippen molar-refractivity contribution in [3.63, 3.8) is 0 Å². The van der Waals surface area contributed by atoms with E-state index in [0.29, 0.717) is 30.2 Å². The number of ether oxygens (including phenoxy) is 1. The summed E-state index contributed by atoms with van der Waals surface area (Å²) in [5, 5.41) is 16.1. The summed E-state index contributed by atoms with van der Waals surface area (Å²) in [6.45, 7) is 2.45. The number of aryl methyl sites for hydroxylation is 1. The molecule has 2 aromatic heterocycles. The van der Waals surface area contributed by atoms with E-state index >= 15 is 0 Å². The summed E-state index contributed by atoms with van der Waals surface area (Å²) in [6.07, 6.45) is 3.62. The van der Waals surface area contributed by atoms with Gasteiger partial charge in [0, 0.05) is 47.6 Å². The molecule has 4 rings (SSSR count). The molecule has 2 heterocycles. The smallest absolute Gasteiger partial charge is 0.416 e. The topological polar surface area (TPSA) is 89.3 Å². The molecule has 0 aliphatic rings. The summed E-state index contributed by atoms with van der Waals surface area (Å²) in [7, 11) is 0. The van der Waals surface area contributed by atoms with Crippen LogP contribution in [0.25, 0.3) is 16.8 Å². The maximum atomic E-state index is 13.0. The van der Waals surface area contributed by atoms with Crippen molar-refractivity contribution in [3.8, 4) is 22.6 Å². The predicted octanol–water partition coefficient (Wildman–Crippen LogP) is 5.67. The van der Waals surface area contributed by atoms with E-state index in [2.05, 4.69) is 15.4 Å². The van der Waals surface area contributed by atoms with Crippen molar-refractivity contribution in [1.82, 2.24) is 14.8 Å². The standard InChI is InChI=1S/C27H25F3N4O3/c1-18-7-8-22(33-26(36)19-5-4-6-21(13-19)27(28,29)30)14-24(18)34-17-20(15-32-34)23-16-31-10-9-25(23)37-12-3-2-11-35/h4-10,13-17,35H,2-3,11-12H2,1H3,(H,33,36). The van der Waals surface area contributed by atoms with Crippen molar-refractivity contribution in [1.29, 1.82) is 0 Å². The van der Waals surface area contributed by atoms with Crippen molar-refractivity contribution in [2.75, 3.05) is 18.5 Å². The van der Waals surface area contributed by atoms with E-state index in [1.54, 1.807) is 53.7 Å². The highest BCUT2D eigenvalue weighted by Crippen LogP contribution is 2.31. The summed E-state index contributed by atoms with van der Waals surface area (Å²) < 4.78 is 46.6. The Bertz CT molecular complexity index is 1390. The Morgan fingerprint density at radius 2 is 1.95 bits per heavy atom. The van der Waals surface area contributed by atoms with Gasteiger partial charge in [0.15, 0.2) is 0 Å². The molecule has 0 unspecified atom stereocenters. The van der Waals surface area contributed by atoms with Gasteiger partial charge < -0.3 is 15.2 Å². The molecule has 0 bridgehead atoms. The van der Waals surface area contributed by atoms with Crippen LogP contribution in [0.2, 0.25) is 0 Å². The predicted molar refractivity (Wildman–Crippen MR) is 133 cm³/mol. The monoisotopic (exact) mass is 510 g/mol. The zero-order valence-electron chi connectivity index (χ0n) is 20.0. The highest BCUT2D eigenvalue weighted by atomic mass is 19.4. The van der Waals surface area contributed by atoms with Crippen LogP contribution in [0.3, 0.4) is 0 Å². The first kappa shape index (κ1) is 25.9.